The highest BCUT2D eigenvalue weighted by Gasteiger charge is 2.11. The minimum atomic E-state index is 0.219. The molecular weight excluding hydrogens is 214 g/mol. The molecule has 0 aromatic carbocycles. The average molecular weight is 224 g/mol. The maximum absolute atomic E-state index is 6.03. The van der Waals surface area contributed by atoms with Gasteiger partial charge in [-0.25, -0.2) is 9.67 Å². The summed E-state index contributed by atoms with van der Waals surface area (Å²) in [6.45, 7) is 3.72. The lowest BCUT2D eigenvalue weighted by molar-refractivity contribution is 0.803. The van der Waals surface area contributed by atoms with Crippen LogP contribution >= 0.6 is 11.6 Å². The molecule has 0 spiro atoms. The van der Waals surface area contributed by atoms with E-state index in [1.807, 2.05) is 13.8 Å². The Morgan fingerprint density at radius 2 is 2.13 bits per heavy atom. The number of hydrogen-bond acceptors (Lipinski definition) is 4. The van der Waals surface area contributed by atoms with Crippen LogP contribution < -0.4 is 5.73 Å². The SMILES string of the molecule is Cc1nn(-c2ccnc(N)n2)c(C)c1Cl. The highest BCUT2D eigenvalue weighted by molar-refractivity contribution is 6.31. The van der Waals surface area contributed by atoms with Crippen LogP contribution in [0.3, 0.4) is 0 Å². The van der Waals surface area contributed by atoms with Crippen molar-refractivity contribution >= 4 is 17.5 Å². The lowest BCUT2D eigenvalue weighted by Gasteiger charge is -2.02. The van der Waals surface area contributed by atoms with Gasteiger partial charge in [-0.3, -0.25) is 0 Å². The van der Waals surface area contributed by atoms with Gasteiger partial charge >= 0.3 is 0 Å². The van der Waals surface area contributed by atoms with E-state index in [9.17, 15) is 0 Å². The van der Waals surface area contributed by atoms with Gasteiger partial charge in [-0.15, -0.1) is 0 Å². The predicted octanol–water partition coefficient (Wildman–Crippen LogP) is 1.51. The topological polar surface area (TPSA) is 69.6 Å². The summed E-state index contributed by atoms with van der Waals surface area (Å²) < 4.78 is 1.65. The summed E-state index contributed by atoms with van der Waals surface area (Å²) in [4.78, 5) is 7.88. The maximum atomic E-state index is 6.03. The summed E-state index contributed by atoms with van der Waals surface area (Å²) in [6.07, 6.45) is 1.59. The molecule has 0 radical (unpaired) electrons. The summed E-state index contributed by atoms with van der Waals surface area (Å²) in [6, 6.07) is 1.73. The molecule has 0 saturated heterocycles. The number of halogens is 1. The van der Waals surface area contributed by atoms with Gasteiger partial charge in [0.2, 0.25) is 5.95 Å². The molecule has 5 nitrogen and oxygen atoms in total. The van der Waals surface area contributed by atoms with E-state index in [4.69, 9.17) is 17.3 Å². The van der Waals surface area contributed by atoms with E-state index in [-0.39, 0.29) is 5.95 Å². The number of rotatable bonds is 1. The molecule has 0 saturated carbocycles. The van der Waals surface area contributed by atoms with Gasteiger partial charge in [0.05, 0.1) is 16.4 Å². The van der Waals surface area contributed by atoms with Crippen LogP contribution in [0.1, 0.15) is 11.4 Å². The third-order valence-corrected chi connectivity index (χ3v) is 2.63. The lowest BCUT2D eigenvalue weighted by Crippen LogP contribution is -2.04. The van der Waals surface area contributed by atoms with Crippen molar-refractivity contribution in [2.75, 3.05) is 5.73 Å². The molecule has 0 unspecified atom stereocenters. The third kappa shape index (κ3) is 1.66. The van der Waals surface area contributed by atoms with Crippen molar-refractivity contribution in [1.82, 2.24) is 19.7 Å². The first-order valence-corrected chi connectivity index (χ1v) is 4.78. The van der Waals surface area contributed by atoms with Gasteiger partial charge in [-0.05, 0) is 13.8 Å². The van der Waals surface area contributed by atoms with E-state index in [0.717, 1.165) is 11.4 Å². The smallest absolute Gasteiger partial charge is 0.221 e. The molecule has 0 atom stereocenters. The lowest BCUT2D eigenvalue weighted by atomic mass is 10.4. The summed E-state index contributed by atoms with van der Waals surface area (Å²) in [5.74, 6) is 0.839. The zero-order valence-electron chi connectivity index (χ0n) is 8.40. The molecule has 2 aromatic rings. The van der Waals surface area contributed by atoms with Crippen LogP contribution in [0.5, 0.6) is 0 Å². The molecule has 2 heterocycles. The summed E-state index contributed by atoms with van der Waals surface area (Å²) in [5.41, 5.74) is 7.10. The van der Waals surface area contributed by atoms with Crippen LogP contribution in [0, 0.1) is 13.8 Å². The number of anilines is 1. The predicted molar refractivity (Wildman–Crippen MR) is 58.1 cm³/mol. The first kappa shape index (κ1) is 9.92. The van der Waals surface area contributed by atoms with Gasteiger partial charge < -0.3 is 5.73 Å². The summed E-state index contributed by atoms with van der Waals surface area (Å²) in [5, 5.41) is 4.91. The standard InChI is InChI=1S/C9H10ClN5/c1-5-8(10)6(2)15(14-5)7-3-4-12-9(11)13-7/h3-4H,1-2H3,(H2,11,12,13). The first-order valence-electron chi connectivity index (χ1n) is 4.40. The maximum Gasteiger partial charge on any atom is 0.221 e. The van der Waals surface area contributed by atoms with Crippen molar-refractivity contribution in [1.29, 1.82) is 0 Å². The first-order chi connectivity index (χ1) is 7.09. The number of nitrogen functional groups attached to an aromatic ring is 1. The van der Waals surface area contributed by atoms with Gasteiger partial charge in [0, 0.05) is 12.3 Å². The molecule has 2 rings (SSSR count). The van der Waals surface area contributed by atoms with Crippen molar-refractivity contribution in [3.63, 3.8) is 0 Å². The molecule has 6 heteroatoms. The Morgan fingerprint density at radius 1 is 1.40 bits per heavy atom. The number of aryl methyl sites for hydroxylation is 1. The van der Waals surface area contributed by atoms with Crippen molar-refractivity contribution in [2.45, 2.75) is 13.8 Å². The minimum absolute atomic E-state index is 0.219. The van der Waals surface area contributed by atoms with Crippen molar-refractivity contribution in [3.8, 4) is 5.82 Å². The highest BCUT2D eigenvalue weighted by Crippen LogP contribution is 2.21. The largest absolute Gasteiger partial charge is 0.368 e. The second-order valence-electron chi connectivity index (χ2n) is 3.17. The molecule has 0 aliphatic carbocycles. The number of nitrogens with zero attached hydrogens (tertiary/aromatic N) is 4. The summed E-state index contributed by atoms with van der Waals surface area (Å²) >= 11 is 6.03. The molecule has 2 aromatic heterocycles. The van der Waals surface area contributed by atoms with Crippen molar-refractivity contribution in [3.05, 3.63) is 28.7 Å². The Balaban J connectivity index is 2.59. The van der Waals surface area contributed by atoms with Crippen LogP contribution in [0.4, 0.5) is 5.95 Å². The Bertz CT molecular complexity index is 505. The fourth-order valence-corrected chi connectivity index (χ4v) is 1.45. The van der Waals surface area contributed by atoms with Crippen molar-refractivity contribution < 1.29 is 0 Å². The number of aromatic nitrogens is 4. The fraction of sp³-hybridized carbons (Fsp3) is 0.222. The molecule has 0 aliphatic rings. The average Bonchev–Trinajstić information content (AvgIpc) is 2.46. The molecular formula is C9H10ClN5. The Hall–Kier alpha value is -1.62. The van der Waals surface area contributed by atoms with Crippen LogP contribution in [-0.2, 0) is 0 Å². The van der Waals surface area contributed by atoms with Gasteiger partial charge in [-0.2, -0.15) is 10.1 Å². The number of hydrogen-bond donors (Lipinski definition) is 1. The van der Waals surface area contributed by atoms with Crippen LogP contribution in [0.2, 0.25) is 5.02 Å². The van der Waals surface area contributed by atoms with E-state index < -0.39 is 0 Å². The fourth-order valence-electron chi connectivity index (χ4n) is 1.33. The second-order valence-corrected chi connectivity index (χ2v) is 3.55. The Labute approximate surface area is 91.9 Å². The van der Waals surface area contributed by atoms with Crippen LogP contribution in [-0.4, -0.2) is 19.7 Å². The Kier molecular flexibility index (Phi) is 2.32. The van der Waals surface area contributed by atoms with E-state index in [1.54, 1.807) is 16.9 Å². The number of nitrogens with two attached hydrogens (primary N) is 1. The molecule has 0 fully saturated rings. The molecule has 2 N–H and O–H groups in total. The zero-order valence-corrected chi connectivity index (χ0v) is 9.15. The van der Waals surface area contributed by atoms with Crippen molar-refractivity contribution in [2.24, 2.45) is 0 Å². The monoisotopic (exact) mass is 223 g/mol. The quantitative estimate of drug-likeness (QED) is 0.796. The third-order valence-electron chi connectivity index (χ3n) is 2.08. The van der Waals surface area contributed by atoms with Gasteiger partial charge in [-0.1, -0.05) is 11.6 Å². The minimum Gasteiger partial charge on any atom is -0.368 e. The van der Waals surface area contributed by atoms with E-state index >= 15 is 0 Å². The molecule has 0 amide bonds. The van der Waals surface area contributed by atoms with E-state index in [1.165, 1.54) is 0 Å². The van der Waals surface area contributed by atoms with E-state index in [0.29, 0.717) is 10.8 Å². The van der Waals surface area contributed by atoms with Gasteiger partial charge in [0.15, 0.2) is 5.82 Å². The second kappa shape index (κ2) is 3.51. The van der Waals surface area contributed by atoms with E-state index in [2.05, 4.69) is 15.1 Å². The van der Waals surface area contributed by atoms with Crippen LogP contribution in [0.25, 0.3) is 5.82 Å². The molecule has 78 valence electrons. The van der Waals surface area contributed by atoms with Gasteiger partial charge in [0.1, 0.15) is 0 Å². The molecule has 0 bridgehead atoms. The Morgan fingerprint density at radius 3 is 2.67 bits per heavy atom. The van der Waals surface area contributed by atoms with Gasteiger partial charge in [0.25, 0.3) is 0 Å². The highest BCUT2D eigenvalue weighted by atomic mass is 35.5. The zero-order chi connectivity index (χ0) is 11.0. The molecule has 0 aliphatic heterocycles. The molecule has 15 heavy (non-hydrogen) atoms. The van der Waals surface area contributed by atoms with Crippen LogP contribution in [0.15, 0.2) is 12.3 Å². The summed E-state index contributed by atoms with van der Waals surface area (Å²) in [7, 11) is 0. The normalized spacial score (nSPS) is 10.6.